The molecule has 1 aliphatic rings. The Kier molecular flexibility index (Phi) is 9.50. The molecule has 0 bridgehead atoms. The van der Waals surface area contributed by atoms with Gasteiger partial charge in [0.2, 0.25) is 5.91 Å². The van der Waals surface area contributed by atoms with Crippen molar-refractivity contribution < 1.29 is 23.9 Å². The van der Waals surface area contributed by atoms with Crippen LogP contribution >= 0.6 is 0 Å². The first-order valence-corrected chi connectivity index (χ1v) is 13.6. The summed E-state index contributed by atoms with van der Waals surface area (Å²) in [7, 11) is 1.29. The average molecular weight is 577 g/mol. The molecule has 1 aliphatic heterocycles. The molecule has 3 aromatic heterocycles. The number of hydrogen-bond acceptors (Lipinski definition) is 11. The van der Waals surface area contributed by atoms with Gasteiger partial charge in [-0.25, -0.2) is 19.7 Å². The molecule has 0 radical (unpaired) electrons. The summed E-state index contributed by atoms with van der Waals surface area (Å²) < 4.78 is 10.2. The second-order valence-corrected chi connectivity index (χ2v) is 10.9. The Morgan fingerprint density at radius 2 is 1.76 bits per heavy atom. The lowest BCUT2D eigenvalue weighted by Crippen LogP contribution is -2.50. The number of esters is 1. The van der Waals surface area contributed by atoms with Gasteiger partial charge in [0.25, 0.3) is 0 Å². The number of amides is 2. The molecule has 13 heteroatoms. The van der Waals surface area contributed by atoms with Crippen LogP contribution in [0.3, 0.4) is 0 Å². The van der Waals surface area contributed by atoms with Crippen molar-refractivity contribution in [2.45, 2.75) is 39.7 Å². The van der Waals surface area contributed by atoms with E-state index in [-0.39, 0.29) is 18.4 Å². The van der Waals surface area contributed by atoms with Crippen LogP contribution < -0.4 is 15.5 Å². The van der Waals surface area contributed by atoms with E-state index in [0.717, 1.165) is 11.4 Å². The molecular formula is C29H36N8O5. The van der Waals surface area contributed by atoms with E-state index in [1.54, 1.807) is 48.7 Å². The van der Waals surface area contributed by atoms with E-state index < -0.39 is 17.5 Å². The van der Waals surface area contributed by atoms with E-state index in [0.29, 0.717) is 49.2 Å². The molecular weight excluding hydrogens is 540 g/mol. The van der Waals surface area contributed by atoms with Gasteiger partial charge in [0.1, 0.15) is 23.1 Å². The van der Waals surface area contributed by atoms with E-state index in [1.807, 2.05) is 32.9 Å². The van der Waals surface area contributed by atoms with E-state index in [1.165, 1.54) is 7.11 Å². The zero-order valence-corrected chi connectivity index (χ0v) is 24.5. The summed E-state index contributed by atoms with van der Waals surface area (Å²) in [4.78, 5) is 58.4. The number of aromatic nitrogens is 4. The third kappa shape index (κ3) is 8.35. The van der Waals surface area contributed by atoms with Crippen LogP contribution in [0, 0.1) is 5.92 Å². The van der Waals surface area contributed by atoms with Crippen molar-refractivity contribution in [3.63, 3.8) is 0 Å². The number of pyridine rings is 2. The van der Waals surface area contributed by atoms with Gasteiger partial charge in [0, 0.05) is 68.0 Å². The molecule has 2 N–H and O–H groups in total. The molecule has 42 heavy (non-hydrogen) atoms. The average Bonchev–Trinajstić information content (AvgIpc) is 2.96. The lowest BCUT2D eigenvalue weighted by Gasteiger charge is -2.36. The number of hydrogen-bond donors (Lipinski definition) is 2. The van der Waals surface area contributed by atoms with Crippen molar-refractivity contribution in [3.05, 3.63) is 49.1 Å². The summed E-state index contributed by atoms with van der Waals surface area (Å²) in [5.41, 5.74) is 1.29. The second-order valence-electron chi connectivity index (χ2n) is 10.9. The Labute approximate surface area is 244 Å². The number of carbonyl (C=O) groups excluding carboxylic acids is 3. The lowest BCUT2D eigenvalue weighted by molar-refractivity contribution is -0.143. The molecule has 4 heterocycles. The van der Waals surface area contributed by atoms with Crippen molar-refractivity contribution in [3.8, 4) is 11.3 Å². The largest absolute Gasteiger partial charge is 0.469 e. The molecule has 0 saturated carbocycles. The highest BCUT2D eigenvalue weighted by Gasteiger charge is 2.26. The number of nitrogens with one attached hydrogen (secondary N) is 2. The monoisotopic (exact) mass is 576 g/mol. The van der Waals surface area contributed by atoms with E-state index >= 15 is 0 Å². The molecule has 2 amide bonds. The van der Waals surface area contributed by atoms with Crippen molar-refractivity contribution in [2.75, 3.05) is 48.8 Å². The number of ether oxygens (including phenoxy) is 2. The Bertz CT molecular complexity index is 1400. The molecule has 4 rings (SSSR count). The summed E-state index contributed by atoms with van der Waals surface area (Å²) in [6.45, 7) is 9.41. The van der Waals surface area contributed by atoms with E-state index in [2.05, 4.69) is 30.5 Å². The fourth-order valence-corrected chi connectivity index (χ4v) is 4.20. The molecule has 0 aromatic carbocycles. The Hall–Kier alpha value is -4.81. The van der Waals surface area contributed by atoms with Crippen LogP contribution in [-0.4, -0.2) is 81.7 Å². The topological polar surface area (TPSA) is 152 Å². The highest BCUT2D eigenvalue weighted by molar-refractivity contribution is 5.95. The summed E-state index contributed by atoms with van der Waals surface area (Å²) in [5.74, 6) is 0.265. The number of nitrogens with zero attached hydrogens (tertiary/aromatic N) is 6. The summed E-state index contributed by atoms with van der Waals surface area (Å²) in [6, 6.07) is 7.19. The van der Waals surface area contributed by atoms with Crippen LogP contribution in [0.4, 0.5) is 27.9 Å². The molecule has 1 atom stereocenters. The molecule has 0 aliphatic carbocycles. The quantitative estimate of drug-likeness (QED) is 0.376. The minimum absolute atomic E-state index is 0.0418. The second kappa shape index (κ2) is 13.2. The third-order valence-corrected chi connectivity index (χ3v) is 6.36. The predicted molar refractivity (Wildman–Crippen MR) is 157 cm³/mol. The molecule has 222 valence electrons. The zero-order chi connectivity index (χ0) is 30.3. The Morgan fingerprint density at radius 3 is 2.43 bits per heavy atom. The summed E-state index contributed by atoms with van der Waals surface area (Å²) in [6.07, 6.45) is 6.02. The minimum atomic E-state index is -0.600. The maximum Gasteiger partial charge on any atom is 0.410 e. The maximum absolute atomic E-state index is 12.9. The molecule has 1 saturated heterocycles. The van der Waals surface area contributed by atoms with Crippen LogP contribution in [0.1, 0.15) is 34.1 Å². The van der Waals surface area contributed by atoms with Gasteiger partial charge in [-0.2, -0.15) is 0 Å². The van der Waals surface area contributed by atoms with Gasteiger partial charge >= 0.3 is 12.1 Å². The molecule has 0 unspecified atom stereocenters. The summed E-state index contributed by atoms with van der Waals surface area (Å²) in [5, 5.41) is 6.00. The van der Waals surface area contributed by atoms with Gasteiger partial charge in [-0.1, -0.05) is 6.92 Å². The maximum atomic E-state index is 12.9. The fraction of sp³-hybridized carbons (Fsp3) is 0.414. The lowest BCUT2D eigenvalue weighted by atomic mass is 10.1. The van der Waals surface area contributed by atoms with Gasteiger partial charge in [-0.3, -0.25) is 14.6 Å². The highest BCUT2D eigenvalue weighted by atomic mass is 16.6. The number of piperazine rings is 1. The van der Waals surface area contributed by atoms with Gasteiger partial charge < -0.3 is 29.9 Å². The van der Waals surface area contributed by atoms with Crippen LogP contribution in [0.15, 0.2) is 49.1 Å². The molecule has 0 spiro atoms. The Morgan fingerprint density at radius 1 is 1.00 bits per heavy atom. The highest BCUT2D eigenvalue weighted by Crippen LogP contribution is 2.28. The smallest absolute Gasteiger partial charge is 0.410 e. The SMILES string of the molecule is COC(=O)C[C@@H](C)C(=O)Nc1cc(Nc2cnccn2)nc(-c2ccnc(N3CCN(C(=O)OC(C)(C)C)CC3)c2)c1. The van der Waals surface area contributed by atoms with Crippen molar-refractivity contribution in [1.29, 1.82) is 0 Å². The predicted octanol–water partition coefficient (Wildman–Crippen LogP) is 3.87. The van der Waals surface area contributed by atoms with Crippen LogP contribution in [-0.2, 0) is 19.1 Å². The zero-order valence-electron chi connectivity index (χ0n) is 24.5. The molecule has 1 fully saturated rings. The number of carbonyl (C=O) groups is 3. The standard InChI is InChI=1S/C29H36N8O5/c1-19(14-26(38)41-5)27(39)33-21-16-22(34-23(17-21)35-24-18-30-8-9-31-24)20-6-7-32-25(15-20)36-10-12-37(13-11-36)28(40)42-29(2,3)4/h6-9,15-19H,10-14H2,1-5H3,(H2,31,33,34,35,39)/t19-/m1/s1. The number of rotatable bonds is 8. The van der Waals surface area contributed by atoms with Crippen molar-refractivity contribution >= 4 is 41.1 Å². The normalized spacial score (nSPS) is 14.1. The minimum Gasteiger partial charge on any atom is -0.469 e. The van der Waals surface area contributed by atoms with E-state index in [9.17, 15) is 14.4 Å². The van der Waals surface area contributed by atoms with Crippen LogP contribution in [0.2, 0.25) is 0 Å². The molecule has 13 nitrogen and oxygen atoms in total. The van der Waals surface area contributed by atoms with E-state index in [4.69, 9.17) is 14.5 Å². The number of methoxy groups -OCH3 is 1. The first-order valence-electron chi connectivity index (χ1n) is 13.6. The molecule has 3 aromatic rings. The van der Waals surface area contributed by atoms with Crippen LogP contribution in [0.5, 0.6) is 0 Å². The fourth-order valence-electron chi connectivity index (χ4n) is 4.20. The van der Waals surface area contributed by atoms with Crippen molar-refractivity contribution in [1.82, 2.24) is 24.8 Å². The Balaban J connectivity index is 1.55. The van der Waals surface area contributed by atoms with Crippen molar-refractivity contribution in [2.24, 2.45) is 5.92 Å². The first kappa shape index (κ1) is 30.2. The summed E-state index contributed by atoms with van der Waals surface area (Å²) >= 11 is 0. The van der Waals surface area contributed by atoms with Gasteiger partial charge in [0.15, 0.2) is 0 Å². The first-order chi connectivity index (χ1) is 20.0. The van der Waals surface area contributed by atoms with Gasteiger partial charge in [-0.05, 0) is 39.0 Å². The number of anilines is 4. The van der Waals surface area contributed by atoms with Gasteiger partial charge in [-0.15, -0.1) is 0 Å². The third-order valence-electron chi connectivity index (χ3n) is 6.36. The van der Waals surface area contributed by atoms with Crippen LogP contribution in [0.25, 0.3) is 11.3 Å². The van der Waals surface area contributed by atoms with Gasteiger partial charge in [0.05, 0.1) is 25.4 Å².